The van der Waals surface area contributed by atoms with Crippen LogP contribution in [0.4, 0.5) is 5.69 Å². The van der Waals surface area contributed by atoms with Gasteiger partial charge in [-0.15, -0.1) is 0 Å². The monoisotopic (exact) mass is 289 g/mol. The fourth-order valence-electron chi connectivity index (χ4n) is 2.79. The maximum absolute atomic E-state index is 12.4. The molecule has 4 nitrogen and oxygen atoms in total. The molecule has 21 heavy (non-hydrogen) atoms. The van der Waals surface area contributed by atoms with Gasteiger partial charge in [0.2, 0.25) is 0 Å². The van der Waals surface area contributed by atoms with Crippen LogP contribution in [0.15, 0.2) is 24.3 Å². The van der Waals surface area contributed by atoms with Crippen molar-refractivity contribution < 1.29 is 4.79 Å². The summed E-state index contributed by atoms with van der Waals surface area (Å²) < 4.78 is 0. The van der Waals surface area contributed by atoms with Crippen LogP contribution in [0, 0.1) is 0 Å². The molecule has 0 radical (unpaired) electrons. The van der Waals surface area contributed by atoms with Crippen molar-refractivity contribution >= 4 is 11.6 Å². The zero-order valence-corrected chi connectivity index (χ0v) is 13.2. The van der Waals surface area contributed by atoms with E-state index in [-0.39, 0.29) is 5.91 Å². The Bertz CT molecular complexity index is 451. The molecule has 0 spiro atoms. The van der Waals surface area contributed by atoms with Gasteiger partial charge in [0.05, 0.1) is 0 Å². The smallest absolute Gasteiger partial charge is 0.253 e. The van der Waals surface area contributed by atoms with Crippen molar-refractivity contribution in [3.05, 3.63) is 29.8 Å². The first kappa shape index (κ1) is 15.8. The Morgan fingerprint density at radius 3 is 2.81 bits per heavy atom. The molecule has 0 aromatic heterocycles. The highest BCUT2D eigenvalue weighted by Crippen LogP contribution is 2.14. The molecule has 2 N–H and O–H groups in total. The fraction of sp³-hybridized carbons (Fsp3) is 0.588. The molecule has 116 valence electrons. The largest absolute Gasteiger partial charge is 0.383 e. The van der Waals surface area contributed by atoms with Crippen molar-refractivity contribution in [2.75, 3.05) is 31.5 Å². The predicted octanol–water partition coefficient (Wildman–Crippen LogP) is 2.72. The molecule has 1 aromatic carbocycles. The summed E-state index contributed by atoms with van der Waals surface area (Å²) >= 11 is 0. The highest BCUT2D eigenvalue weighted by atomic mass is 16.2. The van der Waals surface area contributed by atoms with Crippen LogP contribution in [0.3, 0.4) is 0 Å². The Hall–Kier alpha value is -1.55. The van der Waals surface area contributed by atoms with Crippen LogP contribution in [0.5, 0.6) is 0 Å². The maximum atomic E-state index is 12.4. The molecule has 1 fully saturated rings. The van der Waals surface area contributed by atoms with E-state index in [2.05, 4.69) is 10.6 Å². The van der Waals surface area contributed by atoms with Crippen LogP contribution >= 0.6 is 0 Å². The zero-order valence-electron chi connectivity index (χ0n) is 13.2. The van der Waals surface area contributed by atoms with Gasteiger partial charge in [-0.2, -0.15) is 0 Å². The topological polar surface area (TPSA) is 44.4 Å². The second kappa shape index (κ2) is 8.03. The van der Waals surface area contributed by atoms with Gasteiger partial charge >= 0.3 is 0 Å². The summed E-state index contributed by atoms with van der Waals surface area (Å²) in [6, 6.07) is 8.38. The average Bonchev–Trinajstić information content (AvgIpc) is 2.55. The first-order chi connectivity index (χ1) is 10.2. The van der Waals surface area contributed by atoms with Gasteiger partial charge in [0.1, 0.15) is 0 Å². The van der Waals surface area contributed by atoms with E-state index in [1.165, 1.54) is 19.3 Å². The minimum Gasteiger partial charge on any atom is -0.383 e. The third-order valence-corrected chi connectivity index (χ3v) is 4.13. The Morgan fingerprint density at radius 1 is 1.33 bits per heavy atom. The molecule has 4 heteroatoms. The molecule has 1 aliphatic heterocycles. The standard InChI is InChI=1S/C17H27N3O/c1-3-20(4-2)17(21)14-8-7-10-15(12-14)19-13-16-9-5-6-11-18-16/h7-8,10,12,16,18-19H,3-6,9,11,13H2,1-2H3. The van der Waals surface area contributed by atoms with Gasteiger partial charge in [0.15, 0.2) is 0 Å². The summed E-state index contributed by atoms with van der Waals surface area (Å²) in [4.78, 5) is 14.2. The molecule has 1 heterocycles. The number of benzene rings is 1. The Morgan fingerprint density at radius 2 is 2.14 bits per heavy atom. The molecular formula is C17H27N3O. The Labute approximate surface area is 127 Å². The van der Waals surface area contributed by atoms with Crippen molar-refractivity contribution in [3.63, 3.8) is 0 Å². The molecule has 0 bridgehead atoms. The van der Waals surface area contributed by atoms with Gasteiger partial charge in [-0.1, -0.05) is 12.5 Å². The summed E-state index contributed by atoms with van der Waals surface area (Å²) in [5, 5.41) is 6.98. The Balaban J connectivity index is 1.95. The van der Waals surface area contributed by atoms with Gasteiger partial charge in [-0.25, -0.2) is 0 Å². The van der Waals surface area contributed by atoms with Crippen LogP contribution in [0.25, 0.3) is 0 Å². The normalized spacial score (nSPS) is 18.3. The van der Waals surface area contributed by atoms with Crippen LogP contribution in [-0.4, -0.2) is 43.0 Å². The summed E-state index contributed by atoms with van der Waals surface area (Å²) in [7, 11) is 0. The van der Waals surface area contributed by atoms with Gasteiger partial charge in [-0.3, -0.25) is 4.79 Å². The van der Waals surface area contributed by atoms with Crippen LogP contribution in [0.1, 0.15) is 43.5 Å². The number of carbonyl (C=O) groups excluding carboxylic acids is 1. The Kier molecular flexibility index (Phi) is 6.05. The van der Waals surface area contributed by atoms with Gasteiger partial charge in [-0.05, 0) is 51.4 Å². The van der Waals surface area contributed by atoms with E-state index in [4.69, 9.17) is 0 Å². The van der Waals surface area contributed by atoms with Gasteiger partial charge in [0.25, 0.3) is 5.91 Å². The second-order valence-electron chi connectivity index (χ2n) is 5.59. The number of rotatable bonds is 6. The molecule has 0 saturated carbocycles. The minimum absolute atomic E-state index is 0.111. The van der Waals surface area contributed by atoms with Gasteiger partial charge in [0, 0.05) is 36.9 Å². The SMILES string of the molecule is CCN(CC)C(=O)c1cccc(NCC2CCCCN2)c1. The van der Waals surface area contributed by atoms with Crippen LogP contribution in [-0.2, 0) is 0 Å². The summed E-state index contributed by atoms with van der Waals surface area (Å²) in [5.41, 5.74) is 1.79. The lowest BCUT2D eigenvalue weighted by molar-refractivity contribution is 0.0773. The van der Waals surface area contributed by atoms with Crippen molar-refractivity contribution in [2.24, 2.45) is 0 Å². The van der Waals surface area contributed by atoms with E-state index >= 15 is 0 Å². The number of hydrogen-bond acceptors (Lipinski definition) is 3. The number of nitrogens with zero attached hydrogens (tertiary/aromatic N) is 1. The summed E-state index contributed by atoms with van der Waals surface area (Å²) in [6.07, 6.45) is 3.81. The van der Waals surface area contributed by atoms with Crippen molar-refractivity contribution in [2.45, 2.75) is 39.2 Å². The fourth-order valence-corrected chi connectivity index (χ4v) is 2.79. The first-order valence-electron chi connectivity index (χ1n) is 8.11. The molecule has 1 aliphatic rings. The quantitative estimate of drug-likeness (QED) is 0.846. The maximum Gasteiger partial charge on any atom is 0.253 e. The van der Waals surface area contributed by atoms with E-state index in [9.17, 15) is 4.79 Å². The molecule has 0 aliphatic carbocycles. The number of nitrogens with one attached hydrogen (secondary N) is 2. The van der Waals surface area contributed by atoms with Crippen molar-refractivity contribution in [1.29, 1.82) is 0 Å². The van der Waals surface area contributed by atoms with Crippen LogP contribution in [0.2, 0.25) is 0 Å². The van der Waals surface area contributed by atoms with Gasteiger partial charge < -0.3 is 15.5 Å². The number of carbonyl (C=O) groups is 1. The third-order valence-electron chi connectivity index (χ3n) is 4.13. The molecule has 2 rings (SSSR count). The lowest BCUT2D eigenvalue weighted by Crippen LogP contribution is -2.39. The van der Waals surface area contributed by atoms with Crippen molar-refractivity contribution in [3.8, 4) is 0 Å². The third kappa shape index (κ3) is 4.46. The van der Waals surface area contributed by atoms with E-state index in [0.29, 0.717) is 6.04 Å². The lowest BCUT2D eigenvalue weighted by atomic mass is 10.0. The predicted molar refractivity (Wildman–Crippen MR) is 87.8 cm³/mol. The molecule has 1 saturated heterocycles. The number of anilines is 1. The van der Waals surface area contributed by atoms with E-state index in [1.54, 1.807) is 0 Å². The number of amides is 1. The highest BCUT2D eigenvalue weighted by molar-refractivity contribution is 5.95. The second-order valence-corrected chi connectivity index (χ2v) is 5.59. The molecule has 1 amide bonds. The molecule has 1 unspecified atom stereocenters. The van der Waals surface area contributed by atoms with E-state index < -0.39 is 0 Å². The molecule has 1 aromatic rings. The highest BCUT2D eigenvalue weighted by Gasteiger charge is 2.14. The van der Waals surface area contributed by atoms with E-state index in [1.807, 2.05) is 43.0 Å². The number of hydrogen-bond donors (Lipinski definition) is 2. The minimum atomic E-state index is 0.111. The average molecular weight is 289 g/mol. The number of piperidine rings is 1. The lowest BCUT2D eigenvalue weighted by Gasteiger charge is -2.24. The first-order valence-corrected chi connectivity index (χ1v) is 8.11. The summed E-state index contributed by atoms with van der Waals surface area (Å²) in [6.45, 7) is 7.56. The van der Waals surface area contributed by atoms with Crippen molar-refractivity contribution in [1.82, 2.24) is 10.2 Å². The molecular weight excluding hydrogens is 262 g/mol. The zero-order chi connectivity index (χ0) is 15.1. The summed E-state index contributed by atoms with van der Waals surface area (Å²) in [5.74, 6) is 0.111. The van der Waals surface area contributed by atoms with Crippen LogP contribution < -0.4 is 10.6 Å². The molecule has 1 atom stereocenters. The van der Waals surface area contributed by atoms with E-state index in [0.717, 1.165) is 37.4 Å².